The fourth-order valence-electron chi connectivity index (χ4n) is 11.2. The largest absolute Gasteiger partial charge is 0.370 e. The predicted octanol–water partition coefficient (Wildman–Crippen LogP) is 3.64. The maximum absolute atomic E-state index is 15.0. The van der Waals surface area contributed by atoms with Crippen LogP contribution in [0.2, 0.25) is 0 Å². The van der Waals surface area contributed by atoms with Gasteiger partial charge >= 0.3 is 0 Å². The van der Waals surface area contributed by atoms with E-state index in [0.29, 0.717) is 80.2 Å². The van der Waals surface area contributed by atoms with Gasteiger partial charge in [0, 0.05) is 140 Å². The topological polar surface area (TPSA) is 172 Å². The molecule has 4 saturated heterocycles. The molecule has 4 amide bonds. The number of ether oxygens (including phenoxy) is 1. The molecule has 1 atom stereocenters. The predicted molar refractivity (Wildman–Crippen MR) is 268 cm³/mol. The average Bonchev–Trinajstić information content (AvgIpc) is 3.84. The zero-order valence-electron chi connectivity index (χ0n) is 40.9. The van der Waals surface area contributed by atoms with Crippen LogP contribution in [0.4, 0.5) is 4.39 Å². The zero-order chi connectivity index (χ0) is 49.6. The molecule has 4 fully saturated rings. The van der Waals surface area contributed by atoms with E-state index >= 15 is 4.39 Å². The maximum atomic E-state index is 15.0. The Morgan fingerprint density at radius 1 is 0.722 bits per heavy atom. The van der Waals surface area contributed by atoms with Crippen molar-refractivity contribution >= 4 is 34.4 Å². The number of benzene rings is 3. The summed E-state index contributed by atoms with van der Waals surface area (Å²) in [5.74, 6) is -0.184. The molecule has 0 bridgehead atoms. The van der Waals surface area contributed by atoms with Crippen molar-refractivity contribution in [3.63, 3.8) is 0 Å². The number of nitrogens with zero attached hydrogens (tertiary/aromatic N) is 10. The molecule has 72 heavy (non-hydrogen) atoms. The molecule has 0 spiro atoms. The van der Waals surface area contributed by atoms with Crippen LogP contribution in [0.5, 0.6) is 0 Å². The molecule has 18 heteroatoms. The number of likely N-dealkylation sites (tertiary alicyclic amines) is 2. The Balaban J connectivity index is 0.597. The van der Waals surface area contributed by atoms with E-state index in [1.807, 2.05) is 40.3 Å². The number of nitrogens with one attached hydrogen (secondary N) is 1. The summed E-state index contributed by atoms with van der Waals surface area (Å²) in [6, 6.07) is 19.7. The summed E-state index contributed by atoms with van der Waals surface area (Å²) in [4.78, 5) is 88.8. The Kier molecular flexibility index (Phi) is 15.4. The van der Waals surface area contributed by atoms with Gasteiger partial charge in [-0.3, -0.25) is 33.8 Å². The second-order valence-corrected chi connectivity index (χ2v) is 20.1. The molecule has 3 aromatic carbocycles. The van der Waals surface area contributed by atoms with Crippen molar-refractivity contribution in [2.45, 2.75) is 51.1 Å². The number of fused-ring (bicyclic) bond motifs is 2. The quantitative estimate of drug-likeness (QED) is 0.161. The summed E-state index contributed by atoms with van der Waals surface area (Å²) >= 11 is 0. The number of rotatable bonds is 14. The van der Waals surface area contributed by atoms with E-state index in [4.69, 9.17) is 4.74 Å². The minimum absolute atomic E-state index is 0.0289. The van der Waals surface area contributed by atoms with Gasteiger partial charge in [-0.1, -0.05) is 36.4 Å². The molecular weight excluding hydrogens is 918 g/mol. The lowest BCUT2D eigenvalue weighted by molar-refractivity contribution is -0.137. The highest BCUT2D eigenvalue weighted by molar-refractivity contribution is 5.95. The molecule has 5 aromatic rings. The number of carbonyl (C=O) groups excluding carboxylic acids is 4. The highest BCUT2D eigenvalue weighted by atomic mass is 19.1. The molecule has 0 radical (unpaired) electrons. The van der Waals surface area contributed by atoms with Crippen molar-refractivity contribution in [3.8, 4) is 0 Å². The van der Waals surface area contributed by atoms with Crippen LogP contribution in [0.15, 0.2) is 84.0 Å². The lowest BCUT2D eigenvalue weighted by atomic mass is 9.89. The molecule has 7 heterocycles. The molecule has 378 valence electrons. The number of hydrogen-bond donors (Lipinski definition) is 1. The van der Waals surface area contributed by atoms with Gasteiger partial charge in [0.15, 0.2) is 0 Å². The van der Waals surface area contributed by atoms with E-state index in [-0.39, 0.29) is 54.5 Å². The van der Waals surface area contributed by atoms with Gasteiger partial charge in [-0.2, -0.15) is 5.10 Å². The van der Waals surface area contributed by atoms with E-state index < -0.39 is 11.7 Å². The fourth-order valence-corrected chi connectivity index (χ4v) is 11.2. The average molecular weight is 982 g/mol. The molecule has 5 aliphatic rings. The van der Waals surface area contributed by atoms with Gasteiger partial charge in [-0.15, -0.1) is 0 Å². The molecule has 0 saturated carbocycles. The van der Waals surface area contributed by atoms with E-state index in [1.54, 1.807) is 40.4 Å². The maximum Gasteiger partial charge on any atom is 0.272 e. The Hall–Kier alpha value is -6.47. The normalized spacial score (nSPS) is 19.5. The van der Waals surface area contributed by atoms with Crippen molar-refractivity contribution < 1.29 is 28.3 Å². The van der Waals surface area contributed by atoms with Gasteiger partial charge in [0.2, 0.25) is 11.8 Å². The third-order valence-corrected chi connectivity index (χ3v) is 15.4. The van der Waals surface area contributed by atoms with E-state index in [9.17, 15) is 24.0 Å². The van der Waals surface area contributed by atoms with Crippen LogP contribution >= 0.6 is 0 Å². The van der Waals surface area contributed by atoms with Gasteiger partial charge in [0.05, 0.1) is 35.5 Å². The number of carbonyl (C=O) groups is 4. The number of amides is 4. The Bertz CT molecular complexity index is 2800. The molecule has 5 aliphatic heterocycles. The van der Waals surface area contributed by atoms with Crippen LogP contribution in [-0.4, -0.2) is 189 Å². The third-order valence-electron chi connectivity index (χ3n) is 15.4. The summed E-state index contributed by atoms with van der Waals surface area (Å²) < 4.78 is 20.9. The minimum Gasteiger partial charge on any atom is -0.370 e. The van der Waals surface area contributed by atoms with Crippen molar-refractivity contribution in [1.82, 2.24) is 54.5 Å². The van der Waals surface area contributed by atoms with Crippen molar-refractivity contribution in [2.75, 3.05) is 111 Å². The van der Waals surface area contributed by atoms with Gasteiger partial charge in [0.25, 0.3) is 17.4 Å². The van der Waals surface area contributed by atoms with Crippen LogP contribution < -0.4 is 5.56 Å². The van der Waals surface area contributed by atoms with E-state index in [1.165, 1.54) is 6.07 Å². The van der Waals surface area contributed by atoms with Crippen LogP contribution in [0.3, 0.4) is 0 Å². The molecular formula is C54H64FN11O6. The smallest absolute Gasteiger partial charge is 0.272 e. The first kappa shape index (κ1) is 49.1. The Labute approximate surface area is 418 Å². The number of H-pyrrole nitrogens is 1. The first-order valence-electron chi connectivity index (χ1n) is 25.6. The minimum atomic E-state index is -0.613. The first-order valence-corrected chi connectivity index (χ1v) is 25.6. The number of aromatic nitrogens is 4. The number of piperidine rings is 2. The molecule has 17 nitrogen and oxygen atoms in total. The lowest BCUT2D eigenvalue weighted by Crippen LogP contribution is -2.51. The Morgan fingerprint density at radius 3 is 2.29 bits per heavy atom. The van der Waals surface area contributed by atoms with E-state index in [0.717, 1.165) is 107 Å². The van der Waals surface area contributed by atoms with Gasteiger partial charge < -0.3 is 29.2 Å². The SMILES string of the molecule is O=C(COCCN1CCN(CC2CCN(C(=O)c3cccc(C4CCCN(C(=O)CN5Cc6cncnc6C5)C4)c3)CC2)CC1)N1CCN(C(=O)c2cc(Cc3n[nH]c(=O)c4ccccc34)ccc2F)CC1. The highest BCUT2D eigenvalue weighted by Gasteiger charge is 2.31. The fraction of sp³-hybridized carbons (Fsp3) is 0.481. The standard InChI is InChI=1S/C54H64FN11O6/c55-47-11-10-39(28-48-44-8-1-2-9-45(44)52(69)59-58-48)27-46(47)54(71)65-23-21-63(22-24-65)51(68)36-72-26-25-60-17-19-61(20-18-60)31-38-12-15-64(16-13-38)53(70)41-6-3-5-40(29-41)42-7-4-14-66(33-42)50(67)35-62-32-43-30-56-37-57-49(43)34-62/h1-3,5-6,8-11,27,29-30,37-38,42H,4,7,12-26,28,31-36H2,(H,59,69). The van der Waals surface area contributed by atoms with Gasteiger partial charge in [0.1, 0.15) is 18.8 Å². The number of halogens is 1. The monoisotopic (exact) mass is 982 g/mol. The first-order chi connectivity index (χ1) is 35.1. The van der Waals surface area contributed by atoms with Crippen molar-refractivity contribution in [1.29, 1.82) is 0 Å². The third kappa shape index (κ3) is 11.6. The number of piperazine rings is 2. The zero-order valence-corrected chi connectivity index (χ0v) is 40.9. The second kappa shape index (κ2) is 22.5. The molecule has 0 aliphatic carbocycles. The molecule has 2 aromatic heterocycles. The van der Waals surface area contributed by atoms with Crippen LogP contribution in [-0.2, 0) is 33.8 Å². The summed E-state index contributed by atoms with van der Waals surface area (Å²) in [5.41, 5.74) is 4.95. The van der Waals surface area contributed by atoms with Crippen LogP contribution in [0, 0.1) is 11.7 Å². The van der Waals surface area contributed by atoms with Gasteiger partial charge in [-0.05, 0) is 73.1 Å². The van der Waals surface area contributed by atoms with Crippen LogP contribution in [0.25, 0.3) is 10.8 Å². The van der Waals surface area contributed by atoms with Crippen molar-refractivity contribution in [3.05, 3.63) is 135 Å². The second-order valence-electron chi connectivity index (χ2n) is 20.1. The summed E-state index contributed by atoms with van der Waals surface area (Å²) in [6.07, 6.45) is 7.62. The highest BCUT2D eigenvalue weighted by Crippen LogP contribution is 2.30. The summed E-state index contributed by atoms with van der Waals surface area (Å²) in [5, 5.41) is 7.97. The molecule has 10 rings (SSSR count). The van der Waals surface area contributed by atoms with Gasteiger partial charge in [-0.25, -0.2) is 19.5 Å². The number of hydrogen-bond acceptors (Lipinski definition) is 12. The number of aromatic amines is 1. The van der Waals surface area contributed by atoms with Crippen molar-refractivity contribution in [2.24, 2.45) is 5.92 Å². The molecule has 1 N–H and O–H groups in total. The summed E-state index contributed by atoms with van der Waals surface area (Å²) in [6.45, 7) is 11.9. The molecule has 1 unspecified atom stereocenters. The lowest BCUT2D eigenvalue weighted by Gasteiger charge is -2.39. The van der Waals surface area contributed by atoms with E-state index in [2.05, 4.69) is 47.0 Å². The summed E-state index contributed by atoms with van der Waals surface area (Å²) in [7, 11) is 0. The Morgan fingerprint density at radius 2 is 1.49 bits per heavy atom. The van der Waals surface area contributed by atoms with Crippen LogP contribution in [0.1, 0.15) is 80.4 Å².